The molecule has 1 aromatic carbocycles. The van der Waals surface area contributed by atoms with Crippen molar-refractivity contribution in [1.82, 2.24) is 0 Å². The fourth-order valence-corrected chi connectivity index (χ4v) is 5.81. The molecule has 4 aliphatic rings. The second kappa shape index (κ2) is 4.95. The number of nitriles is 1. The number of nitrogens with zero attached hydrogens (tertiary/aromatic N) is 2. The van der Waals surface area contributed by atoms with Crippen molar-refractivity contribution in [1.29, 1.82) is 5.26 Å². The summed E-state index contributed by atoms with van der Waals surface area (Å²) in [7, 11) is 0. The summed E-state index contributed by atoms with van der Waals surface area (Å²) < 4.78 is 0. The molecule has 0 radical (unpaired) electrons. The first-order chi connectivity index (χ1) is 11.0. The lowest BCUT2D eigenvalue weighted by atomic mass is 9.44. The predicted octanol–water partition coefficient (Wildman–Crippen LogP) is 4.12. The van der Waals surface area contributed by atoms with Crippen LogP contribution in [0.5, 0.6) is 0 Å². The Kier molecular flexibility index (Phi) is 3.12. The third-order valence-electron chi connectivity index (χ3n) is 6.14. The van der Waals surface area contributed by atoms with Gasteiger partial charge in [0.15, 0.2) is 0 Å². The maximum Gasteiger partial charge on any atom is 0.271 e. The molecule has 1 aromatic rings. The van der Waals surface area contributed by atoms with Gasteiger partial charge in [-0.1, -0.05) is 6.07 Å². The molecule has 0 aliphatic heterocycles. The molecule has 0 heterocycles. The highest BCUT2D eigenvalue weighted by atomic mass is 16.6. The molecule has 4 aliphatic carbocycles. The SMILES string of the molecule is N#CC12CC3CC(C1)CC(CNc1cccc([N+](=O)[O-])c1)(C3)C2. The van der Waals surface area contributed by atoms with Gasteiger partial charge in [0.05, 0.1) is 16.4 Å². The maximum atomic E-state index is 10.9. The van der Waals surface area contributed by atoms with E-state index in [1.165, 1.54) is 25.3 Å². The summed E-state index contributed by atoms with van der Waals surface area (Å²) in [6.45, 7) is 0.824. The van der Waals surface area contributed by atoms with Crippen LogP contribution in [-0.4, -0.2) is 11.5 Å². The number of non-ortho nitro benzene ring substituents is 1. The van der Waals surface area contributed by atoms with E-state index in [9.17, 15) is 15.4 Å². The van der Waals surface area contributed by atoms with E-state index >= 15 is 0 Å². The van der Waals surface area contributed by atoms with Crippen molar-refractivity contribution in [2.45, 2.75) is 38.5 Å². The molecule has 0 spiro atoms. The normalized spacial score (nSPS) is 37.3. The van der Waals surface area contributed by atoms with E-state index in [0.29, 0.717) is 11.8 Å². The van der Waals surface area contributed by atoms with Gasteiger partial charge in [-0.25, -0.2) is 0 Å². The van der Waals surface area contributed by atoms with Crippen LogP contribution in [0.2, 0.25) is 0 Å². The molecule has 5 nitrogen and oxygen atoms in total. The number of rotatable bonds is 4. The van der Waals surface area contributed by atoms with Crippen molar-refractivity contribution in [3.63, 3.8) is 0 Å². The van der Waals surface area contributed by atoms with Crippen molar-refractivity contribution < 1.29 is 4.92 Å². The van der Waals surface area contributed by atoms with Gasteiger partial charge in [0.25, 0.3) is 5.69 Å². The fraction of sp³-hybridized carbons (Fsp3) is 0.611. The highest BCUT2D eigenvalue weighted by Crippen LogP contribution is 2.64. The van der Waals surface area contributed by atoms with Crippen LogP contribution in [-0.2, 0) is 0 Å². The first-order valence-electron chi connectivity index (χ1n) is 8.41. The van der Waals surface area contributed by atoms with Crippen LogP contribution < -0.4 is 5.32 Å². The zero-order valence-corrected chi connectivity index (χ0v) is 13.1. The molecule has 23 heavy (non-hydrogen) atoms. The van der Waals surface area contributed by atoms with Gasteiger partial charge in [0.1, 0.15) is 0 Å². The van der Waals surface area contributed by atoms with Gasteiger partial charge >= 0.3 is 0 Å². The highest BCUT2D eigenvalue weighted by Gasteiger charge is 2.57. The topological polar surface area (TPSA) is 79.0 Å². The Labute approximate surface area is 135 Å². The van der Waals surface area contributed by atoms with E-state index in [2.05, 4.69) is 11.4 Å². The van der Waals surface area contributed by atoms with Crippen LogP contribution in [0.25, 0.3) is 0 Å². The lowest BCUT2D eigenvalue weighted by Gasteiger charge is -2.60. The zero-order valence-electron chi connectivity index (χ0n) is 13.1. The molecule has 2 atom stereocenters. The Morgan fingerprint density at radius 1 is 1.30 bits per heavy atom. The molecule has 5 rings (SSSR count). The number of hydrogen-bond donors (Lipinski definition) is 1. The molecule has 0 aromatic heterocycles. The highest BCUT2D eigenvalue weighted by molar-refractivity contribution is 5.51. The molecule has 1 N–H and O–H groups in total. The van der Waals surface area contributed by atoms with Crippen molar-refractivity contribution >= 4 is 11.4 Å². The Bertz CT molecular complexity index is 680. The molecule has 2 unspecified atom stereocenters. The molecule has 120 valence electrons. The molecule has 4 fully saturated rings. The zero-order chi connectivity index (χ0) is 16.1. The Hall–Kier alpha value is -2.09. The predicted molar refractivity (Wildman–Crippen MR) is 86.7 cm³/mol. The van der Waals surface area contributed by atoms with Crippen LogP contribution in [0.1, 0.15) is 38.5 Å². The van der Waals surface area contributed by atoms with Crippen molar-refractivity contribution in [3.05, 3.63) is 34.4 Å². The van der Waals surface area contributed by atoms with Crippen LogP contribution in [0.3, 0.4) is 0 Å². The minimum absolute atomic E-state index is 0.103. The third kappa shape index (κ3) is 2.46. The second-order valence-electron chi connectivity index (χ2n) is 8.01. The minimum Gasteiger partial charge on any atom is -0.384 e. The Morgan fingerprint density at radius 3 is 2.70 bits per heavy atom. The Morgan fingerprint density at radius 2 is 2.04 bits per heavy atom. The summed E-state index contributed by atoms with van der Waals surface area (Å²) in [6.07, 6.45) is 6.86. The van der Waals surface area contributed by atoms with Gasteiger partial charge in [0.2, 0.25) is 0 Å². The van der Waals surface area contributed by atoms with E-state index in [1.807, 2.05) is 6.07 Å². The van der Waals surface area contributed by atoms with Crippen molar-refractivity contribution in [3.8, 4) is 6.07 Å². The average molecular weight is 311 g/mol. The molecular formula is C18H21N3O2. The number of nitro groups is 1. The van der Waals surface area contributed by atoms with Crippen LogP contribution in [0.4, 0.5) is 11.4 Å². The number of nitro benzene ring substituents is 1. The number of nitrogens with one attached hydrogen (secondary N) is 1. The standard InChI is InChI=1S/C18H21N3O2/c19-11-17-6-13-4-14(7-17)9-18(8-13,10-17)12-20-15-2-1-3-16(5-15)21(22)23/h1-3,5,13-14,20H,4,6-10,12H2. The molecule has 4 bridgehead atoms. The fourth-order valence-electron chi connectivity index (χ4n) is 5.81. The average Bonchev–Trinajstić information content (AvgIpc) is 2.52. The maximum absolute atomic E-state index is 10.9. The number of hydrogen-bond acceptors (Lipinski definition) is 4. The second-order valence-corrected chi connectivity index (χ2v) is 8.01. The lowest BCUT2D eigenvalue weighted by molar-refractivity contribution is -0.384. The largest absolute Gasteiger partial charge is 0.384 e. The Balaban J connectivity index is 1.52. The smallest absolute Gasteiger partial charge is 0.271 e. The lowest BCUT2D eigenvalue weighted by Crippen LogP contribution is -2.53. The van der Waals surface area contributed by atoms with E-state index in [1.54, 1.807) is 12.1 Å². The molecule has 0 amide bonds. The van der Waals surface area contributed by atoms with Gasteiger partial charge in [-0.2, -0.15) is 5.26 Å². The summed E-state index contributed by atoms with van der Waals surface area (Å²) in [5.74, 6) is 1.39. The van der Waals surface area contributed by atoms with E-state index in [0.717, 1.165) is 31.5 Å². The summed E-state index contributed by atoms with van der Waals surface area (Å²) >= 11 is 0. The first-order valence-corrected chi connectivity index (χ1v) is 8.41. The summed E-state index contributed by atoms with van der Waals surface area (Å²) in [6, 6.07) is 9.35. The van der Waals surface area contributed by atoms with Gasteiger partial charge in [-0.15, -0.1) is 0 Å². The van der Waals surface area contributed by atoms with Crippen LogP contribution in [0, 0.1) is 44.1 Å². The van der Waals surface area contributed by atoms with Gasteiger partial charge in [0, 0.05) is 24.4 Å². The van der Waals surface area contributed by atoms with E-state index in [4.69, 9.17) is 0 Å². The molecular weight excluding hydrogens is 290 g/mol. The van der Waals surface area contributed by atoms with Gasteiger partial charge in [-0.3, -0.25) is 10.1 Å². The van der Waals surface area contributed by atoms with Crippen molar-refractivity contribution in [2.75, 3.05) is 11.9 Å². The van der Waals surface area contributed by atoms with Crippen molar-refractivity contribution in [2.24, 2.45) is 22.7 Å². The molecule has 5 heteroatoms. The first kappa shape index (κ1) is 14.5. The third-order valence-corrected chi connectivity index (χ3v) is 6.14. The molecule has 0 saturated heterocycles. The minimum atomic E-state index is -0.361. The summed E-state index contributed by atoms with van der Waals surface area (Å²) in [5, 5.41) is 24.0. The number of benzene rings is 1. The quantitative estimate of drug-likeness (QED) is 0.670. The van der Waals surface area contributed by atoms with Crippen LogP contribution >= 0.6 is 0 Å². The van der Waals surface area contributed by atoms with Gasteiger partial charge < -0.3 is 5.32 Å². The van der Waals surface area contributed by atoms with Crippen LogP contribution in [0.15, 0.2) is 24.3 Å². The van der Waals surface area contributed by atoms with Gasteiger partial charge in [-0.05, 0) is 61.8 Å². The molecule has 4 saturated carbocycles. The monoisotopic (exact) mass is 311 g/mol. The van der Waals surface area contributed by atoms with E-state index < -0.39 is 0 Å². The summed E-state index contributed by atoms with van der Waals surface area (Å²) in [4.78, 5) is 10.5. The number of anilines is 1. The summed E-state index contributed by atoms with van der Waals surface area (Å²) in [5.41, 5.74) is 1.02. The van der Waals surface area contributed by atoms with E-state index in [-0.39, 0.29) is 21.4 Å².